The molecule has 2 aromatic carbocycles. The lowest BCUT2D eigenvalue weighted by Crippen LogP contribution is -2.26. The Bertz CT molecular complexity index is 979. The van der Waals surface area contributed by atoms with Crippen LogP contribution in [0.2, 0.25) is 0 Å². The van der Waals surface area contributed by atoms with Crippen LogP contribution in [0.15, 0.2) is 60.9 Å². The van der Waals surface area contributed by atoms with E-state index in [1.807, 2.05) is 48.8 Å². The summed E-state index contributed by atoms with van der Waals surface area (Å²) in [5, 5.41) is 13.3. The van der Waals surface area contributed by atoms with Gasteiger partial charge in [0.2, 0.25) is 0 Å². The van der Waals surface area contributed by atoms with Crippen LogP contribution in [-0.2, 0) is 6.42 Å². The molecule has 0 bridgehead atoms. The minimum absolute atomic E-state index is 0.257. The molecule has 3 aromatic rings. The molecule has 0 aliphatic heterocycles. The van der Waals surface area contributed by atoms with Crippen LogP contribution in [0.25, 0.3) is 0 Å². The number of para-hydroxylation sites is 1. The highest BCUT2D eigenvalue weighted by Gasteiger charge is 2.21. The summed E-state index contributed by atoms with van der Waals surface area (Å²) < 4.78 is 6.40. The summed E-state index contributed by atoms with van der Waals surface area (Å²) in [5.74, 6) is 0.455. The summed E-state index contributed by atoms with van der Waals surface area (Å²) in [5.41, 5.74) is 2.97. The van der Waals surface area contributed by atoms with Crippen molar-refractivity contribution in [2.45, 2.75) is 46.0 Å². The molecule has 1 aromatic heterocycles. The number of aromatic carboxylic acids is 1. The smallest absolute Gasteiger partial charge is 0.335 e. The zero-order chi connectivity index (χ0) is 23.5. The largest absolute Gasteiger partial charge is 0.478 e. The lowest BCUT2D eigenvalue weighted by Gasteiger charge is -2.29. The van der Waals surface area contributed by atoms with Crippen molar-refractivity contribution in [2.75, 3.05) is 29.9 Å². The molecule has 1 heterocycles. The van der Waals surface area contributed by atoms with E-state index in [9.17, 15) is 9.90 Å². The molecular weight excluding hydrogens is 414 g/mol. The number of aromatic amines is 1. The van der Waals surface area contributed by atoms with Crippen LogP contribution in [0.4, 0.5) is 11.4 Å². The number of H-pyrrole nitrogens is 1. The maximum absolute atomic E-state index is 12.0. The Labute approximate surface area is 196 Å². The molecule has 0 unspecified atom stereocenters. The SMILES string of the molecule is CCCCN(CCCC)c1cc(C(=O)O)cc(NCCc2cc[nH]c2)c1Oc1ccccc1. The fourth-order valence-corrected chi connectivity index (χ4v) is 3.72. The number of carboxylic acids is 1. The van der Waals surface area contributed by atoms with Crippen LogP contribution >= 0.6 is 0 Å². The molecule has 0 amide bonds. The van der Waals surface area contributed by atoms with Gasteiger partial charge >= 0.3 is 5.97 Å². The van der Waals surface area contributed by atoms with Crippen LogP contribution < -0.4 is 15.0 Å². The summed E-state index contributed by atoms with van der Waals surface area (Å²) in [7, 11) is 0. The molecule has 33 heavy (non-hydrogen) atoms. The molecule has 0 aliphatic rings. The maximum atomic E-state index is 12.0. The van der Waals surface area contributed by atoms with Gasteiger partial charge in [-0.25, -0.2) is 4.79 Å². The van der Waals surface area contributed by atoms with Crippen LogP contribution in [0.3, 0.4) is 0 Å². The van der Waals surface area contributed by atoms with Crippen LogP contribution in [0, 0.1) is 0 Å². The van der Waals surface area contributed by atoms with Crippen molar-refractivity contribution in [3.05, 3.63) is 72.1 Å². The first-order valence-electron chi connectivity index (χ1n) is 11.9. The van der Waals surface area contributed by atoms with E-state index in [1.54, 1.807) is 12.1 Å². The van der Waals surface area contributed by atoms with Crippen molar-refractivity contribution in [1.29, 1.82) is 0 Å². The Morgan fingerprint density at radius 2 is 1.79 bits per heavy atom. The number of carbonyl (C=O) groups is 1. The first-order valence-corrected chi connectivity index (χ1v) is 11.9. The summed E-state index contributed by atoms with van der Waals surface area (Å²) in [6.07, 6.45) is 8.89. The molecule has 0 atom stereocenters. The van der Waals surface area contributed by atoms with Crippen LogP contribution in [0.5, 0.6) is 11.5 Å². The Kier molecular flexibility index (Phi) is 9.24. The summed E-state index contributed by atoms with van der Waals surface area (Å²) >= 11 is 0. The van der Waals surface area contributed by atoms with E-state index < -0.39 is 5.97 Å². The summed E-state index contributed by atoms with van der Waals surface area (Å²) in [4.78, 5) is 17.3. The van der Waals surface area contributed by atoms with Crippen molar-refractivity contribution in [3.8, 4) is 11.5 Å². The van der Waals surface area contributed by atoms with E-state index in [1.165, 1.54) is 5.56 Å². The number of hydrogen-bond acceptors (Lipinski definition) is 4. The fraction of sp³-hybridized carbons (Fsp3) is 0.370. The molecule has 0 fully saturated rings. The third kappa shape index (κ3) is 7.04. The van der Waals surface area contributed by atoms with Gasteiger partial charge in [-0.05, 0) is 55.2 Å². The summed E-state index contributed by atoms with van der Waals surface area (Å²) in [6, 6.07) is 15.1. The second-order valence-corrected chi connectivity index (χ2v) is 8.18. The van der Waals surface area contributed by atoms with E-state index in [-0.39, 0.29) is 5.56 Å². The third-order valence-electron chi connectivity index (χ3n) is 5.57. The Balaban J connectivity index is 2.01. The minimum Gasteiger partial charge on any atom is -0.478 e. The number of hydrogen-bond donors (Lipinski definition) is 3. The molecule has 3 N–H and O–H groups in total. The normalized spacial score (nSPS) is 10.7. The van der Waals surface area contributed by atoms with Crippen molar-refractivity contribution in [1.82, 2.24) is 4.98 Å². The van der Waals surface area contributed by atoms with Gasteiger partial charge in [-0.3, -0.25) is 0 Å². The number of nitrogens with one attached hydrogen (secondary N) is 2. The lowest BCUT2D eigenvalue weighted by atomic mass is 10.1. The number of anilines is 2. The molecule has 6 nitrogen and oxygen atoms in total. The second kappa shape index (κ2) is 12.6. The number of rotatable bonds is 14. The highest BCUT2D eigenvalue weighted by Crippen LogP contribution is 2.41. The molecular formula is C27H35N3O3. The number of aromatic nitrogens is 1. The predicted octanol–water partition coefficient (Wildman–Crippen LogP) is 6.57. The second-order valence-electron chi connectivity index (χ2n) is 8.18. The molecule has 0 aliphatic carbocycles. The Morgan fingerprint density at radius 1 is 1.06 bits per heavy atom. The molecule has 0 spiro atoms. The van der Waals surface area contributed by atoms with Crippen LogP contribution in [-0.4, -0.2) is 35.7 Å². The zero-order valence-corrected chi connectivity index (χ0v) is 19.6. The molecule has 176 valence electrons. The van der Waals surface area contributed by atoms with Gasteiger partial charge in [-0.2, -0.15) is 0 Å². The third-order valence-corrected chi connectivity index (χ3v) is 5.57. The monoisotopic (exact) mass is 449 g/mol. The van der Waals surface area contributed by atoms with E-state index in [4.69, 9.17) is 4.74 Å². The number of benzene rings is 2. The van der Waals surface area contributed by atoms with Gasteiger partial charge in [0.1, 0.15) is 5.75 Å². The predicted molar refractivity (Wildman–Crippen MR) is 135 cm³/mol. The van der Waals surface area contributed by atoms with E-state index in [0.717, 1.165) is 56.6 Å². The summed E-state index contributed by atoms with van der Waals surface area (Å²) in [6.45, 7) is 6.71. The van der Waals surface area contributed by atoms with E-state index >= 15 is 0 Å². The Morgan fingerprint density at radius 3 is 2.39 bits per heavy atom. The first kappa shape index (κ1) is 24.2. The quantitative estimate of drug-likeness (QED) is 0.260. The van der Waals surface area contributed by atoms with Crippen LogP contribution in [0.1, 0.15) is 55.5 Å². The van der Waals surface area contributed by atoms with Gasteiger partial charge in [0.25, 0.3) is 0 Å². The highest BCUT2D eigenvalue weighted by atomic mass is 16.5. The average Bonchev–Trinajstić information content (AvgIpc) is 3.34. The minimum atomic E-state index is -0.942. The molecule has 0 radical (unpaired) electrons. The van der Waals surface area contributed by atoms with Crippen molar-refractivity contribution < 1.29 is 14.6 Å². The van der Waals surface area contributed by atoms with E-state index in [2.05, 4.69) is 29.0 Å². The first-order chi connectivity index (χ1) is 16.1. The van der Waals surface area contributed by atoms with Crippen molar-refractivity contribution >= 4 is 17.3 Å². The van der Waals surface area contributed by atoms with Gasteiger partial charge < -0.3 is 25.0 Å². The number of nitrogens with zero attached hydrogens (tertiary/aromatic N) is 1. The topological polar surface area (TPSA) is 77.6 Å². The maximum Gasteiger partial charge on any atom is 0.335 e. The van der Waals surface area contributed by atoms with Crippen molar-refractivity contribution in [2.24, 2.45) is 0 Å². The average molecular weight is 450 g/mol. The fourth-order valence-electron chi connectivity index (χ4n) is 3.72. The van der Waals surface area contributed by atoms with Gasteiger partial charge in [0.05, 0.1) is 16.9 Å². The molecule has 0 saturated heterocycles. The van der Waals surface area contributed by atoms with Gasteiger partial charge in [0, 0.05) is 32.0 Å². The standard InChI is InChI=1S/C27H35N3O3/c1-3-5-16-30(17-6-4-2)25-19-22(27(31)32)18-24(29-15-13-21-12-14-28-20-21)26(25)33-23-10-8-7-9-11-23/h7-12,14,18-20,28-29H,3-6,13,15-17H2,1-2H3,(H,31,32). The zero-order valence-electron chi connectivity index (χ0n) is 19.6. The highest BCUT2D eigenvalue weighted by molar-refractivity contribution is 5.92. The molecule has 6 heteroatoms. The van der Waals surface area contributed by atoms with E-state index in [0.29, 0.717) is 18.0 Å². The van der Waals surface area contributed by atoms with Crippen molar-refractivity contribution in [3.63, 3.8) is 0 Å². The molecule has 3 rings (SSSR count). The Hall–Kier alpha value is -3.41. The van der Waals surface area contributed by atoms with Gasteiger partial charge in [0.15, 0.2) is 5.75 Å². The number of carboxylic acid groups (broad SMARTS) is 1. The van der Waals surface area contributed by atoms with Gasteiger partial charge in [-0.1, -0.05) is 44.9 Å². The number of ether oxygens (including phenoxy) is 1. The van der Waals surface area contributed by atoms with Gasteiger partial charge in [-0.15, -0.1) is 0 Å². The lowest BCUT2D eigenvalue weighted by molar-refractivity contribution is 0.0697. The molecule has 0 saturated carbocycles. The number of unbranched alkanes of at least 4 members (excludes halogenated alkanes) is 2.